The first-order valence-electron chi connectivity index (χ1n) is 5.84. The van der Waals surface area contributed by atoms with Crippen molar-refractivity contribution in [3.63, 3.8) is 0 Å². The van der Waals surface area contributed by atoms with Crippen molar-refractivity contribution < 1.29 is 0 Å². The van der Waals surface area contributed by atoms with Crippen molar-refractivity contribution in [3.05, 3.63) is 59.7 Å². The van der Waals surface area contributed by atoms with Gasteiger partial charge in [0.2, 0.25) is 0 Å². The van der Waals surface area contributed by atoms with E-state index in [4.69, 9.17) is 0 Å². The van der Waals surface area contributed by atoms with Gasteiger partial charge in [-0.3, -0.25) is 0 Å². The summed E-state index contributed by atoms with van der Waals surface area (Å²) in [6.45, 7) is 0.904. The summed E-state index contributed by atoms with van der Waals surface area (Å²) in [6.07, 6.45) is 11.2. The minimum absolute atomic E-state index is 0.904. The van der Waals surface area contributed by atoms with E-state index in [1.54, 1.807) is 0 Å². The minimum Gasteiger partial charge on any atom is -0.381 e. The van der Waals surface area contributed by atoms with Gasteiger partial charge in [-0.2, -0.15) is 0 Å². The van der Waals surface area contributed by atoms with Crippen molar-refractivity contribution in [2.75, 3.05) is 11.9 Å². The molecule has 1 heterocycles. The number of benzene rings is 1. The highest BCUT2D eigenvalue weighted by Gasteiger charge is 2.13. The highest BCUT2D eigenvalue weighted by molar-refractivity contribution is 5.82. The maximum atomic E-state index is 3.45. The molecule has 0 aromatic heterocycles. The lowest BCUT2D eigenvalue weighted by Gasteiger charge is -2.20. The van der Waals surface area contributed by atoms with Crippen LogP contribution in [0.25, 0.3) is 5.57 Å². The van der Waals surface area contributed by atoms with Gasteiger partial charge in [-0.15, -0.1) is 0 Å². The molecule has 0 unspecified atom stereocenters. The third-order valence-corrected chi connectivity index (χ3v) is 3.17. The third kappa shape index (κ3) is 1.58. The Morgan fingerprint density at radius 1 is 1.00 bits per heavy atom. The molecule has 2 aliphatic rings. The highest BCUT2D eigenvalue weighted by Crippen LogP contribution is 2.34. The predicted molar refractivity (Wildman–Crippen MR) is 69.4 cm³/mol. The van der Waals surface area contributed by atoms with Gasteiger partial charge in [0.1, 0.15) is 0 Å². The van der Waals surface area contributed by atoms with Crippen LogP contribution in [0.4, 0.5) is 5.69 Å². The molecule has 3 rings (SSSR count). The lowest BCUT2D eigenvalue weighted by molar-refractivity contribution is 1.04. The normalized spacial score (nSPS) is 20.2. The van der Waals surface area contributed by atoms with E-state index in [2.05, 4.69) is 53.9 Å². The van der Waals surface area contributed by atoms with Crippen LogP contribution >= 0.6 is 0 Å². The largest absolute Gasteiger partial charge is 0.381 e. The quantitative estimate of drug-likeness (QED) is 0.685. The molecule has 0 fully saturated rings. The number of fused-ring (bicyclic) bond motifs is 2. The molecule has 0 atom stereocenters. The zero-order valence-corrected chi connectivity index (χ0v) is 9.24. The summed E-state index contributed by atoms with van der Waals surface area (Å²) >= 11 is 0. The first kappa shape index (κ1) is 9.46. The van der Waals surface area contributed by atoms with Crippen molar-refractivity contribution in [3.8, 4) is 0 Å². The number of anilines is 1. The fraction of sp³-hybridized carbons (Fsp3) is 0.200. The molecule has 0 bridgehead atoms. The molecule has 1 heteroatoms. The topological polar surface area (TPSA) is 12.0 Å². The second-order valence-corrected chi connectivity index (χ2v) is 4.20. The van der Waals surface area contributed by atoms with E-state index in [0.29, 0.717) is 0 Å². The van der Waals surface area contributed by atoms with E-state index in [-0.39, 0.29) is 0 Å². The number of rotatable bonds is 0. The summed E-state index contributed by atoms with van der Waals surface area (Å²) in [6, 6.07) is 8.60. The van der Waals surface area contributed by atoms with E-state index in [0.717, 1.165) is 19.4 Å². The number of hydrogen-bond acceptors (Lipinski definition) is 1. The average Bonchev–Trinajstić information content (AvgIpc) is 2.33. The van der Waals surface area contributed by atoms with E-state index < -0.39 is 0 Å². The van der Waals surface area contributed by atoms with Gasteiger partial charge in [-0.25, -0.2) is 0 Å². The van der Waals surface area contributed by atoms with Crippen LogP contribution in [0, 0.1) is 0 Å². The second kappa shape index (κ2) is 4.01. The van der Waals surface area contributed by atoms with Gasteiger partial charge in [0, 0.05) is 17.8 Å². The van der Waals surface area contributed by atoms with Crippen LogP contribution in [-0.2, 0) is 0 Å². The summed E-state index contributed by atoms with van der Waals surface area (Å²) in [5, 5.41) is 3.45. The van der Waals surface area contributed by atoms with Crippen LogP contribution in [0.15, 0.2) is 54.1 Å². The average molecular weight is 209 g/mol. The molecule has 1 aliphatic carbocycles. The van der Waals surface area contributed by atoms with E-state index in [9.17, 15) is 0 Å². The Bertz CT molecular complexity index is 492. The van der Waals surface area contributed by atoms with Gasteiger partial charge < -0.3 is 5.32 Å². The van der Waals surface area contributed by atoms with Crippen molar-refractivity contribution in [1.29, 1.82) is 0 Å². The molecule has 1 nitrogen and oxygen atoms in total. The fourth-order valence-electron chi connectivity index (χ4n) is 2.38. The Morgan fingerprint density at radius 2 is 1.88 bits per heavy atom. The third-order valence-electron chi connectivity index (χ3n) is 3.17. The van der Waals surface area contributed by atoms with Gasteiger partial charge in [0.25, 0.3) is 0 Å². The van der Waals surface area contributed by atoms with Crippen molar-refractivity contribution in [2.45, 2.75) is 12.8 Å². The molecule has 1 aliphatic heterocycles. The van der Waals surface area contributed by atoms with E-state index in [1.807, 2.05) is 0 Å². The molecule has 1 aromatic carbocycles. The Balaban J connectivity index is 2.20. The Morgan fingerprint density at radius 3 is 2.88 bits per heavy atom. The van der Waals surface area contributed by atoms with Crippen molar-refractivity contribution >= 4 is 11.3 Å². The van der Waals surface area contributed by atoms with Crippen LogP contribution in [0.5, 0.6) is 0 Å². The molecule has 0 saturated carbocycles. The molecule has 80 valence electrons. The lowest BCUT2D eigenvalue weighted by Crippen LogP contribution is -2.05. The Hall–Kier alpha value is -1.76. The highest BCUT2D eigenvalue weighted by atomic mass is 14.9. The maximum Gasteiger partial charge on any atom is 0.0419 e. The van der Waals surface area contributed by atoms with Gasteiger partial charge >= 0.3 is 0 Å². The van der Waals surface area contributed by atoms with Gasteiger partial charge in [-0.1, -0.05) is 42.5 Å². The molecule has 1 aromatic rings. The summed E-state index contributed by atoms with van der Waals surface area (Å²) < 4.78 is 0. The summed E-state index contributed by atoms with van der Waals surface area (Å²) in [5.74, 6) is 0. The minimum atomic E-state index is 0.904. The monoisotopic (exact) mass is 209 g/mol. The van der Waals surface area contributed by atoms with Gasteiger partial charge in [0.15, 0.2) is 0 Å². The van der Waals surface area contributed by atoms with Crippen LogP contribution < -0.4 is 5.32 Å². The van der Waals surface area contributed by atoms with Crippen LogP contribution in [-0.4, -0.2) is 6.54 Å². The zero-order valence-electron chi connectivity index (χ0n) is 9.24. The summed E-state index contributed by atoms with van der Waals surface area (Å²) in [7, 11) is 0. The Labute approximate surface area is 96.2 Å². The number of hydrogen-bond donors (Lipinski definition) is 1. The number of para-hydroxylation sites is 1. The van der Waals surface area contributed by atoms with Gasteiger partial charge in [-0.05, 0) is 30.1 Å². The van der Waals surface area contributed by atoms with Crippen molar-refractivity contribution in [2.24, 2.45) is 0 Å². The molecule has 16 heavy (non-hydrogen) atoms. The Kier molecular flexibility index (Phi) is 2.37. The van der Waals surface area contributed by atoms with E-state index in [1.165, 1.54) is 22.4 Å². The molecule has 0 saturated heterocycles. The van der Waals surface area contributed by atoms with Crippen LogP contribution in [0.1, 0.15) is 18.4 Å². The molecule has 1 N–H and O–H groups in total. The fourth-order valence-corrected chi connectivity index (χ4v) is 2.38. The number of nitrogens with one attached hydrogen (secondary N) is 1. The van der Waals surface area contributed by atoms with E-state index >= 15 is 0 Å². The lowest BCUT2D eigenvalue weighted by atomic mass is 9.90. The molecule has 0 spiro atoms. The first-order valence-corrected chi connectivity index (χ1v) is 5.84. The summed E-state index contributed by atoms with van der Waals surface area (Å²) in [4.78, 5) is 0. The second-order valence-electron chi connectivity index (χ2n) is 4.20. The zero-order chi connectivity index (χ0) is 10.8. The molecule has 0 amide bonds. The number of allylic oxidation sites excluding steroid dienone is 5. The molecular formula is C15H15N. The molecular weight excluding hydrogens is 194 g/mol. The van der Waals surface area contributed by atoms with Crippen LogP contribution in [0.3, 0.4) is 0 Å². The predicted octanol–water partition coefficient (Wildman–Crippen LogP) is 3.77. The molecule has 0 radical (unpaired) electrons. The first-order chi connectivity index (χ1) is 7.95. The van der Waals surface area contributed by atoms with Crippen LogP contribution in [0.2, 0.25) is 0 Å². The maximum absolute atomic E-state index is 3.45. The summed E-state index contributed by atoms with van der Waals surface area (Å²) in [5.41, 5.74) is 5.47. The SMILES string of the molecule is C1=CC2=C(CC1)c1ccccc1NC/C=C\2. The smallest absolute Gasteiger partial charge is 0.0419 e. The standard InChI is InChI=1S/C15H15N/c1-2-8-13-12(6-1)7-5-11-16-15-10-4-3-9-14(13)15/h1,3-7,9-10,16H,2,8,11H2/b7-5-. The van der Waals surface area contributed by atoms with Gasteiger partial charge in [0.05, 0.1) is 0 Å². The van der Waals surface area contributed by atoms with Crippen molar-refractivity contribution in [1.82, 2.24) is 0 Å².